The summed E-state index contributed by atoms with van der Waals surface area (Å²) in [5, 5.41) is 13.8. The lowest BCUT2D eigenvalue weighted by Crippen LogP contribution is -2.11. The van der Waals surface area contributed by atoms with E-state index < -0.39 is 11.9 Å². The molecule has 0 saturated carbocycles. The first-order valence-electron chi connectivity index (χ1n) is 10.2. The predicted molar refractivity (Wildman–Crippen MR) is 116 cm³/mol. The summed E-state index contributed by atoms with van der Waals surface area (Å²) in [6.45, 7) is 2.39. The van der Waals surface area contributed by atoms with Crippen LogP contribution in [-0.2, 0) is 33.8 Å². The SMILES string of the molecule is CCc1ccc2c(-c3cccc(C(=O)ON)c3)c(CCCCC(=O)O)c(COC)nn12. The highest BCUT2D eigenvalue weighted by Gasteiger charge is 2.19. The Balaban J connectivity index is 2.19. The number of rotatable bonds is 10. The second-order valence-electron chi connectivity index (χ2n) is 7.30. The van der Waals surface area contributed by atoms with Gasteiger partial charge in [0.1, 0.15) is 0 Å². The Morgan fingerprint density at radius 1 is 1.19 bits per heavy atom. The predicted octanol–water partition coefficient (Wildman–Crippen LogP) is 3.54. The Morgan fingerprint density at radius 2 is 2.00 bits per heavy atom. The first kappa shape index (κ1) is 22.5. The molecule has 0 amide bonds. The van der Waals surface area contributed by atoms with Gasteiger partial charge in [-0.1, -0.05) is 19.1 Å². The van der Waals surface area contributed by atoms with Gasteiger partial charge in [0.15, 0.2) is 0 Å². The Morgan fingerprint density at radius 3 is 2.68 bits per heavy atom. The number of hydrogen-bond donors (Lipinski definition) is 2. The molecular formula is C23H27N3O5. The normalized spacial score (nSPS) is 11.1. The van der Waals surface area contributed by atoms with Crippen molar-refractivity contribution in [2.24, 2.45) is 5.90 Å². The van der Waals surface area contributed by atoms with Crippen molar-refractivity contribution in [1.82, 2.24) is 9.61 Å². The van der Waals surface area contributed by atoms with Crippen LogP contribution >= 0.6 is 0 Å². The highest BCUT2D eigenvalue weighted by molar-refractivity contribution is 5.93. The molecule has 1 aromatic carbocycles. The summed E-state index contributed by atoms with van der Waals surface area (Å²) in [6, 6.07) is 11.2. The number of benzene rings is 1. The molecule has 8 nitrogen and oxygen atoms in total. The molecule has 0 radical (unpaired) electrons. The fourth-order valence-corrected chi connectivity index (χ4v) is 3.82. The lowest BCUT2D eigenvalue weighted by atomic mass is 9.93. The minimum absolute atomic E-state index is 0.119. The summed E-state index contributed by atoms with van der Waals surface area (Å²) < 4.78 is 7.34. The summed E-state index contributed by atoms with van der Waals surface area (Å²) in [5.74, 6) is 3.65. The van der Waals surface area contributed by atoms with E-state index >= 15 is 0 Å². The molecule has 2 aromatic heterocycles. The zero-order chi connectivity index (χ0) is 22.4. The maximum Gasteiger partial charge on any atom is 0.356 e. The molecule has 3 N–H and O–H groups in total. The maximum atomic E-state index is 12.0. The van der Waals surface area contributed by atoms with Crippen LogP contribution in [0.25, 0.3) is 16.6 Å². The second-order valence-corrected chi connectivity index (χ2v) is 7.30. The van der Waals surface area contributed by atoms with Crippen molar-refractivity contribution in [3.05, 3.63) is 58.9 Å². The van der Waals surface area contributed by atoms with Crippen LogP contribution in [0.3, 0.4) is 0 Å². The largest absolute Gasteiger partial charge is 0.481 e. The summed E-state index contributed by atoms with van der Waals surface area (Å²) in [4.78, 5) is 27.3. The molecule has 0 aliphatic carbocycles. The summed E-state index contributed by atoms with van der Waals surface area (Å²) in [7, 11) is 1.62. The van der Waals surface area contributed by atoms with Crippen LogP contribution < -0.4 is 5.90 Å². The zero-order valence-corrected chi connectivity index (χ0v) is 17.8. The summed E-state index contributed by atoms with van der Waals surface area (Å²) in [6.07, 6.45) is 2.83. The summed E-state index contributed by atoms with van der Waals surface area (Å²) in [5.41, 5.74) is 5.89. The van der Waals surface area contributed by atoms with Gasteiger partial charge in [0.25, 0.3) is 0 Å². The highest BCUT2D eigenvalue weighted by Crippen LogP contribution is 2.33. The van der Waals surface area contributed by atoms with Crippen LogP contribution in [0, 0.1) is 0 Å². The van der Waals surface area contributed by atoms with Crippen LogP contribution in [0.2, 0.25) is 0 Å². The van der Waals surface area contributed by atoms with Crippen molar-refractivity contribution in [2.75, 3.05) is 7.11 Å². The molecule has 0 atom stereocenters. The molecule has 0 unspecified atom stereocenters. The zero-order valence-electron chi connectivity index (χ0n) is 17.8. The third-order valence-corrected chi connectivity index (χ3v) is 5.27. The molecule has 3 aromatic rings. The number of carboxylic acids is 1. The number of carbonyl (C=O) groups is 2. The molecule has 0 fully saturated rings. The van der Waals surface area contributed by atoms with E-state index in [0.717, 1.165) is 40.0 Å². The summed E-state index contributed by atoms with van der Waals surface area (Å²) >= 11 is 0. The molecule has 0 saturated heterocycles. The van der Waals surface area contributed by atoms with Crippen molar-refractivity contribution in [3.8, 4) is 11.1 Å². The topological polar surface area (TPSA) is 116 Å². The quantitative estimate of drug-likeness (QED) is 0.377. The first-order valence-corrected chi connectivity index (χ1v) is 10.2. The Hall–Kier alpha value is -3.23. The standard InChI is InChI=1S/C23H27N3O5/c1-3-17-11-12-20-22(15-7-6-8-16(13-15)23(29)31-24)18(9-4-5-10-21(27)28)19(14-30-2)25-26(17)20/h6-8,11-13H,3-5,9-10,14,24H2,1-2H3,(H,27,28). The van der Waals surface area contributed by atoms with Gasteiger partial charge in [-0.25, -0.2) is 9.31 Å². The van der Waals surface area contributed by atoms with Crippen LogP contribution in [0.1, 0.15) is 53.5 Å². The fraction of sp³-hybridized carbons (Fsp3) is 0.348. The van der Waals surface area contributed by atoms with E-state index in [0.29, 0.717) is 31.4 Å². The molecular weight excluding hydrogens is 398 g/mol. The maximum absolute atomic E-state index is 12.0. The first-order chi connectivity index (χ1) is 15.0. The number of methoxy groups -OCH3 is 1. The molecule has 0 spiro atoms. The Kier molecular flexibility index (Phi) is 7.38. The molecule has 2 heterocycles. The third-order valence-electron chi connectivity index (χ3n) is 5.27. The van der Waals surface area contributed by atoms with Crippen LogP contribution in [0.15, 0.2) is 36.4 Å². The van der Waals surface area contributed by atoms with Gasteiger partial charge >= 0.3 is 11.9 Å². The Labute approximate surface area is 180 Å². The minimum atomic E-state index is -0.807. The number of carbonyl (C=O) groups excluding carboxylic acids is 1. The van der Waals surface area contributed by atoms with Gasteiger partial charge in [-0.3, -0.25) is 4.79 Å². The van der Waals surface area contributed by atoms with Crippen molar-refractivity contribution < 1.29 is 24.3 Å². The lowest BCUT2D eigenvalue weighted by molar-refractivity contribution is -0.137. The van der Waals surface area contributed by atoms with E-state index in [-0.39, 0.29) is 6.42 Å². The molecule has 164 valence electrons. The van der Waals surface area contributed by atoms with E-state index in [4.69, 9.17) is 20.8 Å². The number of aromatic nitrogens is 2. The number of fused-ring (bicyclic) bond motifs is 1. The van der Waals surface area contributed by atoms with E-state index in [1.807, 2.05) is 22.7 Å². The molecule has 0 aliphatic rings. The average Bonchev–Trinajstić information content (AvgIpc) is 3.18. The number of aliphatic carboxylic acids is 1. The number of carboxylic acid groups (broad SMARTS) is 1. The number of ether oxygens (including phenoxy) is 1. The van der Waals surface area contributed by atoms with Crippen molar-refractivity contribution in [2.45, 2.75) is 45.6 Å². The van der Waals surface area contributed by atoms with Gasteiger partial charge < -0.3 is 14.7 Å². The van der Waals surface area contributed by atoms with Gasteiger partial charge in [0, 0.05) is 24.8 Å². The Bertz CT molecular complexity index is 1090. The molecule has 3 rings (SSSR count). The minimum Gasteiger partial charge on any atom is -0.481 e. The fourth-order valence-electron chi connectivity index (χ4n) is 3.82. The molecule has 0 aliphatic heterocycles. The van der Waals surface area contributed by atoms with E-state index in [1.165, 1.54) is 0 Å². The average molecular weight is 425 g/mol. The monoisotopic (exact) mass is 425 g/mol. The van der Waals surface area contributed by atoms with Crippen LogP contribution in [-0.4, -0.2) is 33.8 Å². The number of hydrogen-bond acceptors (Lipinski definition) is 6. The van der Waals surface area contributed by atoms with E-state index in [9.17, 15) is 9.59 Å². The molecule has 0 bridgehead atoms. The highest BCUT2D eigenvalue weighted by atomic mass is 16.7. The number of unbranched alkanes of at least 4 members (excludes halogenated alkanes) is 1. The van der Waals surface area contributed by atoms with Gasteiger partial charge in [-0.2, -0.15) is 11.0 Å². The number of aryl methyl sites for hydroxylation is 1. The van der Waals surface area contributed by atoms with Crippen LogP contribution in [0.5, 0.6) is 0 Å². The van der Waals surface area contributed by atoms with E-state index in [2.05, 4.69) is 11.8 Å². The number of nitrogens with zero attached hydrogens (tertiary/aromatic N) is 2. The third kappa shape index (κ3) is 4.92. The van der Waals surface area contributed by atoms with Crippen LogP contribution in [0.4, 0.5) is 0 Å². The second kappa shape index (κ2) is 10.2. The van der Waals surface area contributed by atoms with Gasteiger partial charge in [0.2, 0.25) is 0 Å². The van der Waals surface area contributed by atoms with Gasteiger partial charge in [0.05, 0.1) is 23.4 Å². The lowest BCUT2D eigenvalue weighted by Gasteiger charge is -2.17. The molecule has 31 heavy (non-hydrogen) atoms. The van der Waals surface area contributed by atoms with Crippen molar-refractivity contribution in [3.63, 3.8) is 0 Å². The van der Waals surface area contributed by atoms with Gasteiger partial charge in [-0.05, 0) is 61.1 Å². The smallest absolute Gasteiger partial charge is 0.356 e. The van der Waals surface area contributed by atoms with E-state index in [1.54, 1.807) is 25.3 Å². The molecule has 8 heteroatoms. The van der Waals surface area contributed by atoms with Crippen molar-refractivity contribution in [1.29, 1.82) is 0 Å². The van der Waals surface area contributed by atoms with Crippen molar-refractivity contribution >= 4 is 17.5 Å². The van der Waals surface area contributed by atoms with Gasteiger partial charge in [-0.15, -0.1) is 0 Å². The number of nitrogens with two attached hydrogens (primary N) is 1.